The Kier molecular flexibility index (Phi) is 4.09. The molecule has 0 unspecified atom stereocenters. The first kappa shape index (κ1) is 13.8. The van der Waals surface area contributed by atoms with Gasteiger partial charge in [-0.15, -0.1) is 0 Å². The number of carboxylic acids is 1. The van der Waals surface area contributed by atoms with Crippen LogP contribution >= 0.6 is 0 Å². The number of carboxylic acid groups (broad SMARTS) is 1. The van der Waals surface area contributed by atoms with Crippen molar-refractivity contribution in [3.63, 3.8) is 0 Å². The van der Waals surface area contributed by atoms with Gasteiger partial charge in [-0.05, 0) is 26.0 Å². The molecule has 7 heteroatoms. The first-order valence-corrected chi connectivity index (χ1v) is 5.13. The van der Waals surface area contributed by atoms with Crippen LogP contribution in [0.3, 0.4) is 0 Å². The van der Waals surface area contributed by atoms with Crippen LogP contribution in [-0.4, -0.2) is 29.2 Å². The smallest absolute Gasteiger partial charge is 0.342 e. The lowest BCUT2D eigenvalue weighted by atomic mass is 10.1. The number of nitro groups is 1. The Balaban J connectivity index is 3.53. The fraction of sp³-hybridized carbons (Fsp3) is 0.364. The molecule has 0 aliphatic carbocycles. The number of hydrogen-bond donors (Lipinski definition) is 1. The van der Waals surface area contributed by atoms with Gasteiger partial charge in [0, 0.05) is 0 Å². The predicted octanol–water partition coefficient (Wildman–Crippen LogP) is 2.09. The fourth-order valence-corrected chi connectivity index (χ4v) is 1.42. The number of nitro benzene ring substituents is 1. The van der Waals surface area contributed by atoms with E-state index in [1.165, 1.54) is 13.2 Å². The van der Waals surface area contributed by atoms with E-state index < -0.39 is 22.1 Å². The second-order valence-corrected chi connectivity index (χ2v) is 3.72. The lowest BCUT2D eigenvalue weighted by Crippen LogP contribution is -2.11. The van der Waals surface area contributed by atoms with Gasteiger partial charge in [-0.3, -0.25) is 10.1 Å². The molecule has 0 aliphatic rings. The van der Waals surface area contributed by atoms with Crippen molar-refractivity contribution in [3.05, 3.63) is 27.8 Å². The fourth-order valence-electron chi connectivity index (χ4n) is 1.42. The van der Waals surface area contributed by atoms with Crippen molar-refractivity contribution in [2.24, 2.45) is 0 Å². The van der Waals surface area contributed by atoms with Crippen molar-refractivity contribution in [1.29, 1.82) is 0 Å². The first-order valence-electron chi connectivity index (χ1n) is 5.13. The van der Waals surface area contributed by atoms with E-state index in [2.05, 4.69) is 0 Å². The monoisotopic (exact) mass is 255 g/mol. The number of ether oxygens (including phenoxy) is 2. The van der Waals surface area contributed by atoms with Crippen LogP contribution in [0.25, 0.3) is 0 Å². The molecule has 0 atom stereocenters. The molecule has 0 amide bonds. The second kappa shape index (κ2) is 5.35. The molecule has 0 saturated heterocycles. The molecule has 98 valence electrons. The minimum atomic E-state index is -1.39. The van der Waals surface area contributed by atoms with Gasteiger partial charge < -0.3 is 14.6 Å². The molecular formula is C11H13NO6. The molecule has 0 saturated carbocycles. The molecular weight excluding hydrogens is 242 g/mol. The lowest BCUT2D eigenvalue weighted by molar-refractivity contribution is -0.386. The van der Waals surface area contributed by atoms with E-state index in [0.717, 1.165) is 6.07 Å². The highest BCUT2D eigenvalue weighted by Gasteiger charge is 2.29. The second-order valence-electron chi connectivity index (χ2n) is 3.72. The number of hydrogen-bond acceptors (Lipinski definition) is 5. The van der Waals surface area contributed by atoms with E-state index in [9.17, 15) is 14.9 Å². The molecule has 1 aromatic carbocycles. The molecule has 0 radical (unpaired) electrons. The van der Waals surface area contributed by atoms with E-state index in [4.69, 9.17) is 14.6 Å². The normalized spacial score (nSPS) is 10.2. The van der Waals surface area contributed by atoms with Crippen LogP contribution in [0.5, 0.6) is 11.5 Å². The van der Waals surface area contributed by atoms with Crippen LogP contribution in [0.2, 0.25) is 0 Å². The third-order valence-electron chi connectivity index (χ3n) is 2.08. The summed E-state index contributed by atoms with van der Waals surface area (Å²) in [5, 5.41) is 19.9. The van der Waals surface area contributed by atoms with Gasteiger partial charge in [0.2, 0.25) is 5.75 Å². The van der Waals surface area contributed by atoms with Gasteiger partial charge in [-0.1, -0.05) is 0 Å². The van der Waals surface area contributed by atoms with Crippen molar-refractivity contribution < 1.29 is 24.3 Å². The van der Waals surface area contributed by atoms with Crippen molar-refractivity contribution in [2.75, 3.05) is 7.11 Å². The van der Waals surface area contributed by atoms with Crippen LogP contribution in [0, 0.1) is 10.1 Å². The highest BCUT2D eigenvalue weighted by molar-refractivity contribution is 5.94. The topological polar surface area (TPSA) is 98.9 Å². The van der Waals surface area contributed by atoms with Crippen LogP contribution in [-0.2, 0) is 0 Å². The van der Waals surface area contributed by atoms with Crippen molar-refractivity contribution >= 4 is 11.7 Å². The quantitative estimate of drug-likeness (QED) is 0.638. The first-order chi connectivity index (χ1) is 8.38. The number of aromatic carboxylic acids is 1. The Morgan fingerprint density at radius 3 is 2.44 bits per heavy atom. The molecule has 7 nitrogen and oxygen atoms in total. The van der Waals surface area contributed by atoms with Crippen LogP contribution in [0.4, 0.5) is 5.69 Å². The summed E-state index contributed by atoms with van der Waals surface area (Å²) >= 11 is 0. The third kappa shape index (κ3) is 2.68. The summed E-state index contributed by atoms with van der Waals surface area (Å²) in [5.74, 6) is -1.43. The Morgan fingerprint density at radius 2 is 2.06 bits per heavy atom. The molecule has 0 fully saturated rings. The Morgan fingerprint density at radius 1 is 1.44 bits per heavy atom. The van der Waals surface area contributed by atoms with Gasteiger partial charge in [0.15, 0.2) is 5.75 Å². The van der Waals surface area contributed by atoms with E-state index in [1.807, 2.05) is 0 Å². The van der Waals surface area contributed by atoms with Gasteiger partial charge in [0.25, 0.3) is 0 Å². The SMILES string of the molecule is COc1ccc(C(=O)O)c([N+](=O)[O-])c1OC(C)C. The minimum absolute atomic E-state index is 0.125. The summed E-state index contributed by atoms with van der Waals surface area (Å²) in [7, 11) is 1.33. The number of rotatable bonds is 5. The molecule has 18 heavy (non-hydrogen) atoms. The maximum atomic E-state index is 11.0. The summed E-state index contributed by atoms with van der Waals surface area (Å²) in [6.07, 6.45) is -0.346. The van der Waals surface area contributed by atoms with Crippen LogP contribution in [0.15, 0.2) is 12.1 Å². The lowest BCUT2D eigenvalue weighted by Gasteiger charge is -2.14. The molecule has 0 spiro atoms. The van der Waals surface area contributed by atoms with Crippen molar-refractivity contribution in [1.82, 2.24) is 0 Å². The zero-order chi connectivity index (χ0) is 13.9. The summed E-state index contributed by atoms with van der Waals surface area (Å²) in [4.78, 5) is 21.2. The standard InChI is InChI=1S/C11H13NO6/c1-6(2)18-10-8(17-3)5-4-7(11(13)14)9(10)12(15)16/h4-6H,1-3H3,(H,13,14). The third-order valence-corrected chi connectivity index (χ3v) is 2.08. The summed E-state index contributed by atoms with van der Waals surface area (Å²) < 4.78 is 10.2. The molecule has 1 aromatic rings. The number of carbonyl (C=O) groups is 1. The van der Waals surface area contributed by atoms with Gasteiger partial charge in [-0.2, -0.15) is 0 Å². The highest BCUT2D eigenvalue weighted by atomic mass is 16.6. The Labute approximate surface area is 103 Å². The average Bonchev–Trinajstić information content (AvgIpc) is 2.26. The number of benzene rings is 1. The van der Waals surface area contributed by atoms with E-state index >= 15 is 0 Å². The van der Waals surface area contributed by atoms with E-state index in [-0.39, 0.29) is 17.6 Å². The van der Waals surface area contributed by atoms with Crippen molar-refractivity contribution in [2.45, 2.75) is 20.0 Å². The summed E-state index contributed by atoms with van der Waals surface area (Å²) in [6, 6.07) is 2.45. The zero-order valence-electron chi connectivity index (χ0n) is 10.2. The highest BCUT2D eigenvalue weighted by Crippen LogP contribution is 2.40. The van der Waals surface area contributed by atoms with Crippen LogP contribution in [0.1, 0.15) is 24.2 Å². The van der Waals surface area contributed by atoms with Gasteiger partial charge in [0.05, 0.1) is 18.1 Å². The summed E-state index contributed by atoms with van der Waals surface area (Å²) in [5.41, 5.74) is -1.04. The molecule has 0 aliphatic heterocycles. The predicted molar refractivity (Wildman–Crippen MR) is 62.4 cm³/mol. The number of nitrogens with zero attached hydrogens (tertiary/aromatic N) is 1. The molecule has 0 heterocycles. The molecule has 0 aromatic heterocycles. The number of methoxy groups -OCH3 is 1. The molecule has 1 N–H and O–H groups in total. The maximum absolute atomic E-state index is 11.0. The summed E-state index contributed by atoms with van der Waals surface area (Å²) in [6.45, 7) is 3.35. The van der Waals surface area contributed by atoms with E-state index in [1.54, 1.807) is 13.8 Å². The van der Waals surface area contributed by atoms with Gasteiger partial charge in [0.1, 0.15) is 5.56 Å². The molecule has 1 rings (SSSR count). The zero-order valence-corrected chi connectivity index (χ0v) is 10.2. The van der Waals surface area contributed by atoms with Crippen molar-refractivity contribution in [3.8, 4) is 11.5 Å². The Hall–Kier alpha value is -2.31. The van der Waals surface area contributed by atoms with Gasteiger partial charge >= 0.3 is 11.7 Å². The van der Waals surface area contributed by atoms with Gasteiger partial charge in [-0.25, -0.2) is 4.79 Å². The minimum Gasteiger partial charge on any atom is -0.493 e. The largest absolute Gasteiger partial charge is 0.493 e. The van der Waals surface area contributed by atoms with Crippen LogP contribution < -0.4 is 9.47 Å². The molecule has 0 bridgehead atoms. The Bertz CT molecular complexity index is 483. The maximum Gasteiger partial charge on any atom is 0.342 e. The average molecular weight is 255 g/mol. The van der Waals surface area contributed by atoms with E-state index in [0.29, 0.717) is 0 Å².